The van der Waals surface area contributed by atoms with Gasteiger partial charge >= 0.3 is 0 Å². The number of thioether (sulfide) groups is 1. The molecule has 1 saturated heterocycles. The van der Waals surface area contributed by atoms with Crippen LogP contribution in [-0.2, 0) is 0 Å². The van der Waals surface area contributed by atoms with Crippen LogP contribution < -0.4 is 5.32 Å². The van der Waals surface area contributed by atoms with Gasteiger partial charge in [0, 0.05) is 11.3 Å². The highest BCUT2D eigenvalue weighted by atomic mass is 32.2. The molecule has 106 valence electrons. The highest BCUT2D eigenvalue weighted by Crippen LogP contribution is 2.29. The molecule has 2 heteroatoms. The summed E-state index contributed by atoms with van der Waals surface area (Å²) < 4.78 is 0. The monoisotopic (exact) mass is 269 g/mol. The smallest absolute Gasteiger partial charge is 0.0201 e. The van der Waals surface area contributed by atoms with Gasteiger partial charge in [-0.3, -0.25) is 0 Å². The van der Waals surface area contributed by atoms with Gasteiger partial charge in [0.2, 0.25) is 0 Å². The van der Waals surface area contributed by atoms with Gasteiger partial charge in [-0.15, -0.1) is 6.58 Å². The van der Waals surface area contributed by atoms with Crippen LogP contribution in [0, 0.1) is 0 Å². The summed E-state index contributed by atoms with van der Waals surface area (Å²) >= 11 is 2.21. The Kier molecular flexibility index (Phi) is 9.78. The van der Waals surface area contributed by atoms with E-state index < -0.39 is 0 Å². The van der Waals surface area contributed by atoms with Crippen molar-refractivity contribution in [2.75, 3.05) is 12.3 Å². The first-order valence-electron chi connectivity index (χ1n) is 7.84. The number of hydrogen-bond acceptors (Lipinski definition) is 2. The molecule has 1 rings (SSSR count). The summed E-state index contributed by atoms with van der Waals surface area (Å²) in [4.78, 5) is 0. The number of allylic oxidation sites excluding steroid dienone is 1. The standard InChI is InChI=1S/C16H31NS/c1-3-5-6-7-8-11-15(17-13-4-2)16-12-9-10-14-18-16/h3,15-17H,1,4-14H2,2H3. The maximum absolute atomic E-state index is 3.79. The third-order valence-electron chi connectivity index (χ3n) is 3.74. The average Bonchev–Trinajstić information content (AvgIpc) is 2.43. The summed E-state index contributed by atoms with van der Waals surface area (Å²) in [7, 11) is 0. The molecule has 0 aromatic carbocycles. The van der Waals surface area contributed by atoms with Crippen molar-refractivity contribution in [3.8, 4) is 0 Å². The van der Waals surface area contributed by atoms with Crippen molar-refractivity contribution in [3.05, 3.63) is 12.7 Å². The van der Waals surface area contributed by atoms with Gasteiger partial charge in [0.05, 0.1) is 0 Å². The lowest BCUT2D eigenvalue weighted by Crippen LogP contribution is -2.39. The predicted molar refractivity (Wildman–Crippen MR) is 85.5 cm³/mol. The van der Waals surface area contributed by atoms with E-state index in [0.29, 0.717) is 0 Å². The van der Waals surface area contributed by atoms with Crippen molar-refractivity contribution in [1.29, 1.82) is 0 Å². The summed E-state index contributed by atoms with van der Waals surface area (Å²) in [5, 5.41) is 4.67. The fourth-order valence-electron chi connectivity index (χ4n) is 2.66. The molecule has 18 heavy (non-hydrogen) atoms. The molecule has 2 unspecified atom stereocenters. The van der Waals surface area contributed by atoms with Crippen LogP contribution in [0.25, 0.3) is 0 Å². The highest BCUT2D eigenvalue weighted by Gasteiger charge is 2.22. The summed E-state index contributed by atoms with van der Waals surface area (Å²) in [6, 6.07) is 0.763. The van der Waals surface area contributed by atoms with E-state index in [4.69, 9.17) is 0 Å². The summed E-state index contributed by atoms with van der Waals surface area (Å²) in [5.41, 5.74) is 0. The van der Waals surface area contributed by atoms with E-state index in [2.05, 4.69) is 30.6 Å². The molecule has 1 fully saturated rings. The molecule has 0 aromatic heterocycles. The van der Waals surface area contributed by atoms with Gasteiger partial charge in [-0.05, 0) is 50.8 Å². The first kappa shape index (κ1) is 16.1. The van der Waals surface area contributed by atoms with Gasteiger partial charge in [-0.2, -0.15) is 11.8 Å². The SMILES string of the molecule is C=CCCCCCC(NCCC)C1CCCCS1. The van der Waals surface area contributed by atoms with Crippen LogP contribution in [0.3, 0.4) is 0 Å². The largest absolute Gasteiger partial charge is 0.313 e. The number of unbranched alkanes of at least 4 members (excludes halogenated alkanes) is 3. The zero-order valence-electron chi connectivity index (χ0n) is 12.1. The van der Waals surface area contributed by atoms with Crippen molar-refractivity contribution < 1.29 is 0 Å². The Morgan fingerprint density at radius 3 is 2.89 bits per heavy atom. The second-order valence-electron chi connectivity index (χ2n) is 5.39. The van der Waals surface area contributed by atoms with E-state index in [1.807, 2.05) is 6.08 Å². The Morgan fingerprint density at radius 2 is 2.22 bits per heavy atom. The van der Waals surface area contributed by atoms with Gasteiger partial charge in [0.1, 0.15) is 0 Å². The molecule has 1 aliphatic heterocycles. The normalized spacial score (nSPS) is 21.7. The van der Waals surface area contributed by atoms with Crippen LogP contribution in [0.1, 0.15) is 64.7 Å². The fourth-order valence-corrected chi connectivity index (χ4v) is 4.13. The molecule has 0 amide bonds. The molecule has 0 aliphatic carbocycles. The molecule has 0 saturated carbocycles. The lowest BCUT2D eigenvalue weighted by molar-refractivity contribution is 0.423. The van der Waals surface area contributed by atoms with Crippen LogP contribution in [0.15, 0.2) is 12.7 Å². The molecular weight excluding hydrogens is 238 g/mol. The van der Waals surface area contributed by atoms with E-state index in [0.717, 1.165) is 11.3 Å². The predicted octanol–water partition coefficient (Wildman–Crippen LogP) is 4.78. The number of rotatable bonds is 10. The zero-order chi connectivity index (χ0) is 13.1. The van der Waals surface area contributed by atoms with Gasteiger partial charge < -0.3 is 5.32 Å². The first-order valence-corrected chi connectivity index (χ1v) is 8.89. The van der Waals surface area contributed by atoms with E-state index in [1.165, 1.54) is 70.1 Å². The van der Waals surface area contributed by atoms with Crippen LogP contribution in [0.5, 0.6) is 0 Å². The fraction of sp³-hybridized carbons (Fsp3) is 0.875. The molecular formula is C16H31NS. The summed E-state index contributed by atoms with van der Waals surface area (Å²) in [6.45, 7) is 7.25. The van der Waals surface area contributed by atoms with Crippen LogP contribution in [0.4, 0.5) is 0 Å². The van der Waals surface area contributed by atoms with Crippen LogP contribution in [-0.4, -0.2) is 23.6 Å². The lowest BCUT2D eigenvalue weighted by Gasteiger charge is -2.30. The molecule has 0 bridgehead atoms. The Labute approximate surface area is 118 Å². The van der Waals surface area contributed by atoms with Crippen molar-refractivity contribution in [2.45, 2.75) is 76.0 Å². The maximum Gasteiger partial charge on any atom is 0.0201 e. The molecule has 1 aliphatic rings. The third-order valence-corrected chi connectivity index (χ3v) is 5.26. The second-order valence-corrected chi connectivity index (χ2v) is 6.74. The molecule has 1 nitrogen and oxygen atoms in total. The Morgan fingerprint density at radius 1 is 1.33 bits per heavy atom. The minimum atomic E-state index is 0.763. The van der Waals surface area contributed by atoms with Crippen molar-refractivity contribution in [1.82, 2.24) is 5.32 Å². The van der Waals surface area contributed by atoms with Crippen molar-refractivity contribution >= 4 is 11.8 Å². The number of hydrogen-bond donors (Lipinski definition) is 1. The van der Waals surface area contributed by atoms with Gasteiger partial charge in [-0.25, -0.2) is 0 Å². The molecule has 1 N–H and O–H groups in total. The topological polar surface area (TPSA) is 12.0 Å². The van der Waals surface area contributed by atoms with E-state index in [-0.39, 0.29) is 0 Å². The minimum Gasteiger partial charge on any atom is -0.313 e. The highest BCUT2D eigenvalue weighted by molar-refractivity contribution is 8.00. The van der Waals surface area contributed by atoms with Gasteiger partial charge in [0.25, 0.3) is 0 Å². The Bertz CT molecular complexity index is 199. The molecule has 0 spiro atoms. The van der Waals surface area contributed by atoms with Gasteiger partial charge in [-0.1, -0.05) is 32.3 Å². The maximum atomic E-state index is 3.79. The van der Waals surface area contributed by atoms with Crippen LogP contribution in [0.2, 0.25) is 0 Å². The average molecular weight is 269 g/mol. The van der Waals surface area contributed by atoms with E-state index in [1.54, 1.807) is 0 Å². The quantitative estimate of drug-likeness (QED) is 0.452. The molecule has 1 heterocycles. The second kappa shape index (κ2) is 10.9. The minimum absolute atomic E-state index is 0.763. The van der Waals surface area contributed by atoms with Crippen molar-refractivity contribution in [2.24, 2.45) is 0 Å². The Balaban J connectivity index is 2.22. The van der Waals surface area contributed by atoms with Gasteiger partial charge in [0.15, 0.2) is 0 Å². The summed E-state index contributed by atoms with van der Waals surface area (Å²) in [5.74, 6) is 1.38. The Hall–Kier alpha value is 0.0500. The third kappa shape index (κ3) is 6.84. The first-order chi connectivity index (χ1) is 8.88. The summed E-state index contributed by atoms with van der Waals surface area (Å²) in [6.07, 6.45) is 14.2. The number of nitrogens with one attached hydrogen (secondary N) is 1. The van der Waals surface area contributed by atoms with E-state index >= 15 is 0 Å². The molecule has 0 radical (unpaired) electrons. The molecule has 0 aromatic rings. The zero-order valence-corrected chi connectivity index (χ0v) is 12.9. The molecule has 2 atom stereocenters. The van der Waals surface area contributed by atoms with Crippen molar-refractivity contribution in [3.63, 3.8) is 0 Å². The van der Waals surface area contributed by atoms with Crippen LogP contribution >= 0.6 is 11.8 Å². The van der Waals surface area contributed by atoms with E-state index in [9.17, 15) is 0 Å². The lowest BCUT2D eigenvalue weighted by atomic mass is 10.0.